The summed E-state index contributed by atoms with van der Waals surface area (Å²) in [6, 6.07) is 0. The zero-order valence-electron chi connectivity index (χ0n) is 41.3. The van der Waals surface area contributed by atoms with E-state index in [4.69, 9.17) is 14.2 Å². The highest BCUT2D eigenvalue weighted by atomic mass is 16.6. The van der Waals surface area contributed by atoms with Crippen molar-refractivity contribution in [2.45, 2.75) is 258 Å². The first-order valence-corrected chi connectivity index (χ1v) is 26.4. The fourth-order valence-electron chi connectivity index (χ4n) is 7.11. The molecule has 0 saturated carbocycles. The molecule has 6 heteroatoms. The molecule has 362 valence electrons. The van der Waals surface area contributed by atoms with E-state index in [0.717, 1.165) is 109 Å². The molecule has 0 aromatic heterocycles. The van der Waals surface area contributed by atoms with E-state index in [2.05, 4.69) is 93.7 Å². The smallest absolute Gasteiger partial charge is 0.306 e. The molecule has 0 aliphatic carbocycles. The molecule has 0 N–H and O–H groups in total. The lowest BCUT2D eigenvalue weighted by molar-refractivity contribution is -0.167. The average molecular weight is 879 g/mol. The van der Waals surface area contributed by atoms with Gasteiger partial charge in [-0.25, -0.2) is 0 Å². The molecule has 63 heavy (non-hydrogen) atoms. The van der Waals surface area contributed by atoms with Gasteiger partial charge in [-0.15, -0.1) is 0 Å². The molecule has 0 aliphatic rings. The number of rotatable bonds is 47. The predicted octanol–water partition coefficient (Wildman–Crippen LogP) is 17.4. The summed E-state index contributed by atoms with van der Waals surface area (Å²) in [7, 11) is 0. The highest BCUT2D eigenvalue weighted by Crippen LogP contribution is 2.14. The molecule has 0 fully saturated rings. The predicted molar refractivity (Wildman–Crippen MR) is 270 cm³/mol. The van der Waals surface area contributed by atoms with Crippen molar-refractivity contribution >= 4 is 17.9 Å². The standard InChI is InChI=1S/C57H98O6/c1-4-7-10-13-16-19-22-25-27-28-29-30-31-33-35-38-41-44-47-50-56(59)62-53-54(52-61-55(58)49-46-43-40-37-34-24-21-18-15-12-9-6-3)63-57(60)51-48-45-42-39-36-32-26-23-20-17-14-11-8-5-2/h14,16-19,21,23,25-27,29-30,54H,4-13,15,20,22,24,28,31-53H2,1-3H3/b17-14-,19-16-,21-18-,26-23-,27-25-,30-29-/t54-/m1/s1. The summed E-state index contributed by atoms with van der Waals surface area (Å²) in [4.78, 5) is 38.0. The second kappa shape index (κ2) is 51.5. The van der Waals surface area contributed by atoms with Gasteiger partial charge in [0.25, 0.3) is 0 Å². The van der Waals surface area contributed by atoms with Crippen LogP contribution in [0.4, 0.5) is 0 Å². The third-order valence-corrected chi connectivity index (χ3v) is 11.2. The summed E-state index contributed by atoms with van der Waals surface area (Å²) in [5, 5.41) is 0. The van der Waals surface area contributed by atoms with Crippen LogP contribution >= 0.6 is 0 Å². The summed E-state index contributed by atoms with van der Waals surface area (Å²) in [5.74, 6) is -0.924. The lowest BCUT2D eigenvalue weighted by Crippen LogP contribution is -2.30. The van der Waals surface area contributed by atoms with Crippen LogP contribution in [0.1, 0.15) is 252 Å². The topological polar surface area (TPSA) is 78.9 Å². The summed E-state index contributed by atoms with van der Waals surface area (Å²) in [5.41, 5.74) is 0. The van der Waals surface area contributed by atoms with Gasteiger partial charge in [-0.2, -0.15) is 0 Å². The summed E-state index contributed by atoms with van der Waals surface area (Å²) < 4.78 is 16.8. The Kier molecular flexibility index (Phi) is 48.9. The number of ether oxygens (including phenoxy) is 3. The molecule has 0 spiro atoms. The normalized spacial score (nSPS) is 12.6. The molecule has 0 aliphatic heterocycles. The van der Waals surface area contributed by atoms with Gasteiger partial charge in [-0.05, 0) is 109 Å². The van der Waals surface area contributed by atoms with Crippen LogP contribution in [0.5, 0.6) is 0 Å². The Morgan fingerprint density at radius 1 is 0.317 bits per heavy atom. The molecule has 0 bridgehead atoms. The van der Waals surface area contributed by atoms with Crippen molar-refractivity contribution in [2.75, 3.05) is 13.2 Å². The molecule has 0 amide bonds. The third-order valence-electron chi connectivity index (χ3n) is 11.2. The van der Waals surface area contributed by atoms with Crippen LogP contribution in [0, 0.1) is 0 Å². The van der Waals surface area contributed by atoms with E-state index in [1.165, 1.54) is 103 Å². The van der Waals surface area contributed by atoms with Crippen LogP contribution < -0.4 is 0 Å². The van der Waals surface area contributed by atoms with Crippen molar-refractivity contribution in [1.82, 2.24) is 0 Å². The van der Waals surface area contributed by atoms with Gasteiger partial charge in [-0.1, -0.05) is 196 Å². The van der Waals surface area contributed by atoms with Crippen LogP contribution in [0.25, 0.3) is 0 Å². The Hall–Kier alpha value is -3.15. The van der Waals surface area contributed by atoms with Crippen molar-refractivity contribution in [3.8, 4) is 0 Å². The Balaban J connectivity index is 4.41. The zero-order chi connectivity index (χ0) is 45.8. The molecule has 0 rings (SSSR count). The molecule has 6 nitrogen and oxygen atoms in total. The number of hydrogen-bond donors (Lipinski definition) is 0. The molecule has 0 aromatic carbocycles. The molecule has 0 aromatic rings. The monoisotopic (exact) mass is 879 g/mol. The Labute approximate surface area is 389 Å². The van der Waals surface area contributed by atoms with Gasteiger partial charge in [0.1, 0.15) is 13.2 Å². The highest BCUT2D eigenvalue weighted by Gasteiger charge is 2.19. The Morgan fingerprint density at radius 3 is 0.952 bits per heavy atom. The van der Waals surface area contributed by atoms with Gasteiger partial charge < -0.3 is 14.2 Å². The average Bonchev–Trinajstić information content (AvgIpc) is 3.28. The van der Waals surface area contributed by atoms with Crippen molar-refractivity contribution in [3.63, 3.8) is 0 Å². The largest absolute Gasteiger partial charge is 0.462 e. The van der Waals surface area contributed by atoms with E-state index in [9.17, 15) is 14.4 Å². The minimum atomic E-state index is -0.791. The van der Waals surface area contributed by atoms with E-state index < -0.39 is 6.10 Å². The Morgan fingerprint density at radius 2 is 0.587 bits per heavy atom. The van der Waals surface area contributed by atoms with Crippen LogP contribution in [0.3, 0.4) is 0 Å². The minimum Gasteiger partial charge on any atom is -0.462 e. The van der Waals surface area contributed by atoms with E-state index in [1.54, 1.807) is 0 Å². The third kappa shape index (κ3) is 49.7. The molecular weight excluding hydrogens is 781 g/mol. The van der Waals surface area contributed by atoms with E-state index in [1.807, 2.05) is 0 Å². The van der Waals surface area contributed by atoms with Gasteiger partial charge >= 0.3 is 17.9 Å². The van der Waals surface area contributed by atoms with E-state index >= 15 is 0 Å². The number of hydrogen-bond acceptors (Lipinski definition) is 6. The summed E-state index contributed by atoms with van der Waals surface area (Å²) >= 11 is 0. The summed E-state index contributed by atoms with van der Waals surface area (Å²) in [6.45, 7) is 6.52. The van der Waals surface area contributed by atoms with Crippen LogP contribution in [-0.2, 0) is 28.6 Å². The van der Waals surface area contributed by atoms with Crippen molar-refractivity contribution in [1.29, 1.82) is 0 Å². The molecule has 0 heterocycles. The highest BCUT2D eigenvalue weighted by molar-refractivity contribution is 5.71. The van der Waals surface area contributed by atoms with Gasteiger partial charge in [0.15, 0.2) is 6.10 Å². The van der Waals surface area contributed by atoms with Gasteiger partial charge in [0.2, 0.25) is 0 Å². The van der Waals surface area contributed by atoms with Gasteiger partial charge in [0.05, 0.1) is 0 Å². The first-order valence-electron chi connectivity index (χ1n) is 26.4. The quantitative estimate of drug-likeness (QED) is 0.0262. The van der Waals surface area contributed by atoms with Crippen molar-refractivity contribution in [3.05, 3.63) is 72.9 Å². The van der Waals surface area contributed by atoms with Crippen LogP contribution in [0.15, 0.2) is 72.9 Å². The zero-order valence-corrected chi connectivity index (χ0v) is 41.3. The van der Waals surface area contributed by atoms with E-state index in [-0.39, 0.29) is 31.1 Å². The lowest BCUT2D eigenvalue weighted by Gasteiger charge is -2.18. The fraction of sp³-hybridized carbons (Fsp3) is 0.737. The molecule has 0 saturated heterocycles. The van der Waals surface area contributed by atoms with Crippen molar-refractivity contribution in [2.24, 2.45) is 0 Å². The maximum absolute atomic E-state index is 12.8. The number of unbranched alkanes of at least 4 members (excludes halogenated alkanes) is 24. The van der Waals surface area contributed by atoms with Gasteiger partial charge in [-0.3, -0.25) is 14.4 Å². The lowest BCUT2D eigenvalue weighted by atomic mass is 10.1. The maximum atomic E-state index is 12.8. The SMILES string of the molecule is CCCC/C=C\C/C=C\CCCCCCCC(=O)O[C@H](COC(=O)CCCCCCC/C=C\CCCCC)COC(=O)CCCCCCCC/C=C\C/C=C\C/C=C\CCCCC. The number of allylic oxidation sites excluding steroid dienone is 12. The second-order valence-corrected chi connectivity index (χ2v) is 17.4. The van der Waals surface area contributed by atoms with Crippen molar-refractivity contribution < 1.29 is 28.6 Å². The Bertz CT molecular complexity index is 1190. The maximum Gasteiger partial charge on any atom is 0.306 e. The second-order valence-electron chi connectivity index (χ2n) is 17.4. The van der Waals surface area contributed by atoms with Gasteiger partial charge in [0, 0.05) is 19.3 Å². The first kappa shape index (κ1) is 59.9. The number of esters is 3. The minimum absolute atomic E-state index is 0.0900. The number of carbonyl (C=O) groups excluding carboxylic acids is 3. The van der Waals surface area contributed by atoms with Crippen LogP contribution in [-0.4, -0.2) is 37.2 Å². The van der Waals surface area contributed by atoms with E-state index in [0.29, 0.717) is 19.3 Å². The molecule has 0 unspecified atom stereocenters. The summed E-state index contributed by atoms with van der Waals surface area (Å²) in [6.07, 6.45) is 64.5. The molecule has 0 radical (unpaired) electrons. The van der Waals surface area contributed by atoms with Crippen LogP contribution in [0.2, 0.25) is 0 Å². The fourth-order valence-corrected chi connectivity index (χ4v) is 7.11. The molecule has 1 atom stereocenters. The first-order chi connectivity index (χ1) is 31.0. The molecular formula is C57H98O6. The number of carbonyl (C=O) groups is 3.